The lowest BCUT2D eigenvalue weighted by Gasteiger charge is -2.30. The van der Waals surface area contributed by atoms with E-state index >= 15 is 0 Å². The SMILES string of the molecule is CCC(NC(=O)CCC(F)(F)F)(C(=O)O)c1ccc(Cl)cc1. The summed E-state index contributed by atoms with van der Waals surface area (Å²) in [5.41, 5.74) is -1.54. The van der Waals surface area contributed by atoms with Crippen molar-refractivity contribution in [2.45, 2.75) is 37.9 Å². The predicted molar refractivity (Wildman–Crippen MR) is 74.5 cm³/mol. The number of benzene rings is 1. The fourth-order valence-electron chi connectivity index (χ4n) is 1.98. The number of hydrogen-bond donors (Lipinski definition) is 2. The van der Waals surface area contributed by atoms with E-state index in [-0.39, 0.29) is 12.0 Å². The van der Waals surface area contributed by atoms with Crippen LogP contribution in [0.4, 0.5) is 13.2 Å². The van der Waals surface area contributed by atoms with Gasteiger partial charge in [-0.25, -0.2) is 4.79 Å². The molecule has 1 aromatic carbocycles. The molecule has 1 unspecified atom stereocenters. The van der Waals surface area contributed by atoms with Crippen LogP contribution in [0, 0.1) is 0 Å². The molecule has 0 fully saturated rings. The zero-order chi connectivity index (χ0) is 17.0. The summed E-state index contributed by atoms with van der Waals surface area (Å²) in [5.74, 6) is -2.32. The van der Waals surface area contributed by atoms with E-state index in [1.54, 1.807) is 0 Å². The van der Waals surface area contributed by atoms with Crippen molar-refractivity contribution in [3.63, 3.8) is 0 Å². The molecular weight excluding hydrogens is 323 g/mol. The van der Waals surface area contributed by atoms with Gasteiger partial charge in [-0.05, 0) is 24.1 Å². The normalized spacial score (nSPS) is 14.2. The van der Waals surface area contributed by atoms with Crippen molar-refractivity contribution in [1.82, 2.24) is 5.32 Å². The molecule has 0 aromatic heterocycles. The van der Waals surface area contributed by atoms with Gasteiger partial charge in [-0.15, -0.1) is 0 Å². The molecular formula is C14H15ClF3NO3. The summed E-state index contributed by atoms with van der Waals surface area (Å²) >= 11 is 5.73. The summed E-state index contributed by atoms with van der Waals surface area (Å²) < 4.78 is 36.4. The van der Waals surface area contributed by atoms with Crippen molar-refractivity contribution >= 4 is 23.5 Å². The number of halogens is 4. The van der Waals surface area contributed by atoms with E-state index in [4.69, 9.17) is 11.6 Å². The van der Waals surface area contributed by atoms with E-state index in [0.29, 0.717) is 5.02 Å². The van der Waals surface area contributed by atoms with E-state index in [1.165, 1.54) is 31.2 Å². The van der Waals surface area contributed by atoms with Crippen LogP contribution in [0.2, 0.25) is 5.02 Å². The summed E-state index contributed by atoms with van der Waals surface area (Å²) in [6, 6.07) is 5.74. The van der Waals surface area contributed by atoms with Gasteiger partial charge in [0.25, 0.3) is 0 Å². The second kappa shape index (κ2) is 7.00. The molecule has 0 aliphatic rings. The van der Waals surface area contributed by atoms with Crippen LogP contribution in [0.3, 0.4) is 0 Å². The summed E-state index contributed by atoms with van der Waals surface area (Å²) in [5, 5.41) is 12.0. The molecule has 0 aliphatic carbocycles. The fourth-order valence-corrected chi connectivity index (χ4v) is 2.11. The Hall–Kier alpha value is -1.76. The van der Waals surface area contributed by atoms with Gasteiger partial charge in [0, 0.05) is 11.4 Å². The van der Waals surface area contributed by atoms with Crippen LogP contribution < -0.4 is 5.32 Å². The standard InChI is InChI=1S/C14H15ClF3NO3/c1-2-13(12(21)22,9-3-5-10(15)6-4-9)19-11(20)7-8-14(16,17)18/h3-6H,2,7-8H2,1H3,(H,19,20)(H,21,22). The van der Waals surface area contributed by atoms with Crippen LogP contribution in [0.5, 0.6) is 0 Å². The zero-order valence-corrected chi connectivity index (χ0v) is 12.5. The summed E-state index contributed by atoms with van der Waals surface area (Å²) in [6.07, 6.45) is -6.64. The van der Waals surface area contributed by atoms with Crippen molar-refractivity contribution in [2.24, 2.45) is 0 Å². The zero-order valence-electron chi connectivity index (χ0n) is 11.7. The Bertz CT molecular complexity index is 545. The number of nitrogens with one attached hydrogen (secondary N) is 1. The van der Waals surface area contributed by atoms with Gasteiger partial charge in [-0.1, -0.05) is 30.7 Å². The molecule has 22 heavy (non-hydrogen) atoms. The second-order valence-electron chi connectivity index (χ2n) is 4.73. The molecule has 0 saturated heterocycles. The number of alkyl halides is 3. The van der Waals surface area contributed by atoms with Crippen LogP contribution in [0.1, 0.15) is 31.7 Å². The fraction of sp³-hybridized carbons (Fsp3) is 0.429. The van der Waals surface area contributed by atoms with Crippen molar-refractivity contribution in [2.75, 3.05) is 0 Å². The van der Waals surface area contributed by atoms with E-state index in [1.807, 2.05) is 0 Å². The van der Waals surface area contributed by atoms with Crippen molar-refractivity contribution in [3.05, 3.63) is 34.9 Å². The lowest BCUT2D eigenvalue weighted by Crippen LogP contribution is -2.51. The first kappa shape index (κ1) is 18.3. The molecule has 1 rings (SSSR count). The molecule has 1 atom stereocenters. The maximum absolute atomic E-state index is 12.1. The van der Waals surface area contributed by atoms with Gasteiger partial charge in [-0.3, -0.25) is 4.79 Å². The molecule has 8 heteroatoms. The Kier molecular flexibility index (Phi) is 5.82. The third-order valence-electron chi connectivity index (χ3n) is 3.22. The lowest BCUT2D eigenvalue weighted by molar-refractivity contribution is -0.151. The minimum absolute atomic E-state index is 0.0261. The number of carboxylic acid groups (broad SMARTS) is 1. The first-order valence-corrected chi connectivity index (χ1v) is 6.85. The van der Waals surface area contributed by atoms with Gasteiger partial charge in [-0.2, -0.15) is 13.2 Å². The molecule has 0 spiro atoms. The molecule has 0 aliphatic heterocycles. The third-order valence-corrected chi connectivity index (χ3v) is 3.47. The first-order chi connectivity index (χ1) is 10.1. The highest BCUT2D eigenvalue weighted by atomic mass is 35.5. The van der Waals surface area contributed by atoms with Gasteiger partial charge < -0.3 is 10.4 Å². The lowest BCUT2D eigenvalue weighted by atomic mass is 9.87. The van der Waals surface area contributed by atoms with Crippen molar-refractivity contribution in [1.29, 1.82) is 0 Å². The molecule has 2 N–H and O–H groups in total. The number of hydrogen-bond acceptors (Lipinski definition) is 2. The number of aliphatic carboxylic acids is 1. The van der Waals surface area contributed by atoms with Crippen molar-refractivity contribution in [3.8, 4) is 0 Å². The maximum Gasteiger partial charge on any atom is 0.389 e. The van der Waals surface area contributed by atoms with E-state index in [9.17, 15) is 27.9 Å². The highest BCUT2D eigenvalue weighted by Crippen LogP contribution is 2.28. The Balaban J connectivity index is 3.00. The number of amides is 1. The molecule has 0 radical (unpaired) electrons. The Morgan fingerprint density at radius 3 is 2.18 bits per heavy atom. The van der Waals surface area contributed by atoms with Crippen LogP contribution >= 0.6 is 11.6 Å². The first-order valence-electron chi connectivity index (χ1n) is 6.48. The van der Waals surface area contributed by atoms with E-state index in [2.05, 4.69) is 5.32 Å². The van der Waals surface area contributed by atoms with E-state index < -0.39 is 36.4 Å². The maximum atomic E-state index is 12.1. The molecule has 4 nitrogen and oxygen atoms in total. The summed E-state index contributed by atoms with van der Waals surface area (Å²) in [7, 11) is 0. The molecule has 1 aromatic rings. The molecule has 0 bridgehead atoms. The van der Waals surface area contributed by atoms with Crippen molar-refractivity contribution < 1.29 is 27.9 Å². The Morgan fingerprint density at radius 2 is 1.77 bits per heavy atom. The highest BCUT2D eigenvalue weighted by molar-refractivity contribution is 6.30. The van der Waals surface area contributed by atoms with Gasteiger partial charge in [0.15, 0.2) is 5.54 Å². The molecule has 0 heterocycles. The smallest absolute Gasteiger partial charge is 0.389 e. The van der Waals surface area contributed by atoms with Gasteiger partial charge in [0.1, 0.15) is 0 Å². The number of carbonyl (C=O) groups excluding carboxylic acids is 1. The summed E-state index contributed by atoms with van der Waals surface area (Å²) in [4.78, 5) is 23.3. The monoisotopic (exact) mass is 337 g/mol. The Morgan fingerprint density at radius 1 is 1.23 bits per heavy atom. The number of carbonyl (C=O) groups is 2. The topological polar surface area (TPSA) is 66.4 Å². The molecule has 0 saturated carbocycles. The van der Waals surface area contributed by atoms with Crippen LogP contribution in [-0.4, -0.2) is 23.2 Å². The quantitative estimate of drug-likeness (QED) is 0.835. The predicted octanol–water partition coefficient (Wildman–Crippen LogP) is 3.49. The minimum Gasteiger partial charge on any atom is -0.479 e. The van der Waals surface area contributed by atoms with Gasteiger partial charge in [0.2, 0.25) is 5.91 Å². The third kappa shape index (κ3) is 4.62. The Labute approximate surface area is 130 Å². The number of carboxylic acids is 1. The van der Waals surface area contributed by atoms with E-state index in [0.717, 1.165) is 0 Å². The van der Waals surface area contributed by atoms with Gasteiger partial charge >= 0.3 is 12.1 Å². The molecule has 1 amide bonds. The average molecular weight is 338 g/mol. The number of rotatable bonds is 6. The second-order valence-corrected chi connectivity index (χ2v) is 5.17. The molecule has 122 valence electrons. The van der Waals surface area contributed by atoms with Crippen LogP contribution in [-0.2, 0) is 15.1 Å². The largest absolute Gasteiger partial charge is 0.479 e. The average Bonchev–Trinajstić information content (AvgIpc) is 2.42. The van der Waals surface area contributed by atoms with Gasteiger partial charge in [0.05, 0.1) is 6.42 Å². The van der Waals surface area contributed by atoms with Crippen LogP contribution in [0.25, 0.3) is 0 Å². The highest BCUT2D eigenvalue weighted by Gasteiger charge is 2.40. The summed E-state index contributed by atoms with van der Waals surface area (Å²) in [6.45, 7) is 1.52. The minimum atomic E-state index is -4.48. The van der Waals surface area contributed by atoms with Crippen LogP contribution in [0.15, 0.2) is 24.3 Å².